The Bertz CT molecular complexity index is 675. The fraction of sp³-hybridized carbons (Fsp3) is 0.471. The molecule has 1 aromatic carbocycles. The summed E-state index contributed by atoms with van der Waals surface area (Å²) in [7, 11) is 0. The first-order valence-electron chi connectivity index (χ1n) is 7.88. The standard InChI is InChI=1S/C15H21N3O.C2HF3O2/c1-10(2)15(3)14(19)17-13(18-15)12(16)9-11-7-5-4-6-8-11;3-2(4,5)1(6)7/h4-8,10,12H,9,16H2,1-3H3,(H,17,18,19);(H,6,7)/t12-,15?;/m0./s1. The zero-order valence-electron chi connectivity index (χ0n) is 14.7. The van der Waals surface area contributed by atoms with Crippen LogP contribution in [0, 0.1) is 5.92 Å². The first-order valence-corrected chi connectivity index (χ1v) is 7.88. The number of carboxylic acids is 1. The van der Waals surface area contributed by atoms with Crippen molar-refractivity contribution in [2.24, 2.45) is 16.6 Å². The Morgan fingerprint density at radius 2 is 1.81 bits per heavy atom. The lowest BCUT2D eigenvalue weighted by Gasteiger charge is -2.21. The van der Waals surface area contributed by atoms with Crippen molar-refractivity contribution in [2.45, 2.75) is 44.9 Å². The number of nitrogens with one attached hydrogen (secondary N) is 1. The van der Waals surface area contributed by atoms with Crippen LogP contribution in [0.25, 0.3) is 0 Å². The molecule has 6 nitrogen and oxygen atoms in total. The quantitative estimate of drug-likeness (QED) is 0.752. The van der Waals surface area contributed by atoms with Crippen molar-refractivity contribution in [3.05, 3.63) is 35.9 Å². The number of hydrogen-bond donors (Lipinski definition) is 3. The normalized spacial score (nSPS) is 20.8. The number of carbonyl (C=O) groups excluding carboxylic acids is 1. The molecular weight excluding hydrogens is 351 g/mol. The van der Waals surface area contributed by atoms with Crippen LogP contribution in [-0.4, -0.2) is 40.6 Å². The summed E-state index contributed by atoms with van der Waals surface area (Å²) in [5, 5.41) is 9.96. The minimum Gasteiger partial charge on any atom is -0.475 e. The molecule has 0 bridgehead atoms. The number of nitrogens with two attached hydrogens (primary N) is 1. The number of amides is 1. The summed E-state index contributed by atoms with van der Waals surface area (Å²) in [5.74, 6) is -2.06. The number of aliphatic imine (C=N–C) groups is 1. The molecule has 0 radical (unpaired) electrons. The van der Waals surface area contributed by atoms with E-state index in [-0.39, 0.29) is 17.9 Å². The summed E-state index contributed by atoms with van der Waals surface area (Å²) in [6.07, 6.45) is -4.41. The minimum atomic E-state index is -5.08. The average Bonchev–Trinajstić information content (AvgIpc) is 2.85. The molecule has 1 aliphatic rings. The summed E-state index contributed by atoms with van der Waals surface area (Å²) in [6, 6.07) is 9.72. The zero-order chi connectivity index (χ0) is 20.1. The number of carbonyl (C=O) groups is 2. The third-order valence-electron chi connectivity index (χ3n) is 4.07. The van der Waals surface area contributed by atoms with Crippen LogP contribution in [0.15, 0.2) is 35.3 Å². The maximum Gasteiger partial charge on any atom is 0.490 e. The highest BCUT2D eigenvalue weighted by Crippen LogP contribution is 2.26. The number of rotatable bonds is 4. The number of nitrogens with zero attached hydrogens (tertiary/aromatic N) is 1. The van der Waals surface area contributed by atoms with Crippen molar-refractivity contribution >= 4 is 17.7 Å². The zero-order valence-corrected chi connectivity index (χ0v) is 14.7. The smallest absolute Gasteiger partial charge is 0.475 e. The maximum absolute atomic E-state index is 12.0. The van der Waals surface area contributed by atoms with Gasteiger partial charge in [0.1, 0.15) is 11.4 Å². The van der Waals surface area contributed by atoms with Crippen molar-refractivity contribution in [1.29, 1.82) is 0 Å². The Labute approximate surface area is 149 Å². The topological polar surface area (TPSA) is 105 Å². The number of carboxylic acid groups (broad SMARTS) is 1. The summed E-state index contributed by atoms with van der Waals surface area (Å²) in [6.45, 7) is 5.85. The number of hydrogen-bond acceptors (Lipinski definition) is 4. The van der Waals surface area contributed by atoms with E-state index in [9.17, 15) is 18.0 Å². The fourth-order valence-corrected chi connectivity index (χ4v) is 2.10. The molecule has 2 atom stereocenters. The number of alkyl halides is 3. The minimum absolute atomic E-state index is 0.0546. The van der Waals surface area contributed by atoms with Crippen molar-refractivity contribution in [3.8, 4) is 0 Å². The maximum atomic E-state index is 12.0. The Balaban J connectivity index is 0.000000412. The van der Waals surface area contributed by atoms with E-state index >= 15 is 0 Å². The monoisotopic (exact) mass is 373 g/mol. The Morgan fingerprint density at radius 3 is 2.19 bits per heavy atom. The summed E-state index contributed by atoms with van der Waals surface area (Å²) in [4.78, 5) is 25.4. The lowest BCUT2D eigenvalue weighted by Crippen LogP contribution is -2.44. The van der Waals surface area contributed by atoms with Gasteiger partial charge < -0.3 is 16.2 Å². The highest BCUT2D eigenvalue weighted by Gasteiger charge is 2.42. The van der Waals surface area contributed by atoms with Gasteiger partial charge in [-0.3, -0.25) is 9.79 Å². The van der Waals surface area contributed by atoms with Gasteiger partial charge in [-0.05, 0) is 24.8 Å². The predicted octanol–water partition coefficient (Wildman–Crippen LogP) is 2.13. The molecule has 2 rings (SSSR count). The third kappa shape index (κ3) is 5.55. The second-order valence-corrected chi connectivity index (χ2v) is 6.35. The van der Waals surface area contributed by atoms with Crippen LogP contribution in [0.2, 0.25) is 0 Å². The lowest BCUT2D eigenvalue weighted by molar-refractivity contribution is -0.192. The second kappa shape index (κ2) is 8.31. The molecule has 0 spiro atoms. The first-order chi connectivity index (χ1) is 11.9. The molecule has 1 heterocycles. The Kier molecular flexibility index (Phi) is 6.91. The molecule has 0 saturated carbocycles. The predicted molar refractivity (Wildman–Crippen MR) is 90.6 cm³/mol. The molecule has 1 aromatic rings. The molecule has 0 aromatic heterocycles. The molecule has 1 unspecified atom stereocenters. The second-order valence-electron chi connectivity index (χ2n) is 6.35. The van der Waals surface area contributed by atoms with Gasteiger partial charge in [0.2, 0.25) is 0 Å². The molecule has 1 amide bonds. The van der Waals surface area contributed by atoms with Crippen LogP contribution >= 0.6 is 0 Å². The van der Waals surface area contributed by atoms with Crippen molar-refractivity contribution in [1.82, 2.24) is 5.32 Å². The molecule has 0 fully saturated rings. The number of aliphatic carboxylic acids is 1. The van der Waals surface area contributed by atoms with E-state index in [1.807, 2.05) is 51.1 Å². The molecule has 144 valence electrons. The fourth-order valence-electron chi connectivity index (χ4n) is 2.10. The van der Waals surface area contributed by atoms with Crippen LogP contribution in [0.3, 0.4) is 0 Å². The Morgan fingerprint density at radius 1 is 1.31 bits per heavy atom. The van der Waals surface area contributed by atoms with Gasteiger partial charge >= 0.3 is 12.1 Å². The van der Waals surface area contributed by atoms with Gasteiger partial charge in [0.05, 0.1) is 6.04 Å². The van der Waals surface area contributed by atoms with Gasteiger partial charge in [-0.1, -0.05) is 44.2 Å². The summed E-state index contributed by atoms with van der Waals surface area (Å²) < 4.78 is 31.7. The van der Waals surface area contributed by atoms with Crippen LogP contribution in [0.5, 0.6) is 0 Å². The number of benzene rings is 1. The van der Waals surface area contributed by atoms with Gasteiger partial charge in [0.25, 0.3) is 5.91 Å². The molecule has 26 heavy (non-hydrogen) atoms. The number of halogens is 3. The molecule has 9 heteroatoms. The van der Waals surface area contributed by atoms with Gasteiger partial charge in [-0.15, -0.1) is 0 Å². The molecule has 0 saturated heterocycles. The summed E-state index contributed by atoms with van der Waals surface area (Å²) >= 11 is 0. The third-order valence-corrected chi connectivity index (χ3v) is 4.07. The van der Waals surface area contributed by atoms with Crippen LogP contribution < -0.4 is 11.1 Å². The van der Waals surface area contributed by atoms with Crippen molar-refractivity contribution in [3.63, 3.8) is 0 Å². The van der Waals surface area contributed by atoms with E-state index in [1.165, 1.54) is 0 Å². The van der Waals surface area contributed by atoms with Crippen molar-refractivity contribution < 1.29 is 27.9 Å². The van der Waals surface area contributed by atoms with Crippen LogP contribution in [0.4, 0.5) is 13.2 Å². The van der Waals surface area contributed by atoms with E-state index in [1.54, 1.807) is 0 Å². The van der Waals surface area contributed by atoms with Crippen molar-refractivity contribution in [2.75, 3.05) is 0 Å². The molecular formula is C17H22F3N3O3. The van der Waals surface area contributed by atoms with Gasteiger partial charge in [0.15, 0.2) is 0 Å². The molecule has 0 aliphatic carbocycles. The van der Waals surface area contributed by atoms with Gasteiger partial charge in [-0.2, -0.15) is 13.2 Å². The highest BCUT2D eigenvalue weighted by molar-refractivity contribution is 6.10. The van der Waals surface area contributed by atoms with Gasteiger partial charge in [0, 0.05) is 0 Å². The Hall–Kier alpha value is -2.42. The van der Waals surface area contributed by atoms with E-state index in [0.29, 0.717) is 12.3 Å². The number of amidine groups is 1. The van der Waals surface area contributed by atoms with E-state index < -0.39 is 17.7 Å². The van der Waals surface area contributed by atoms with Crippen LogP contribution in [-0.2, 0) is 16.0 Å². The van der Waals surface area contributed by atoms with Gasteiger partial charge in [-0.25, -0.2) is 4.79 Å². The lowest BCUT2D eigenvalue weighted by atomic mass is 9.89. The van der Waals surface area contributed by atoms with Crippen LogP contribution in [0.1, 0.15) is 26.3 Å². The SMILES string of the molecule is CC(C)C1(C)N=C([C@@H](N)Cc2ccccc2)NC1=O.O=C(O)C(F)(F)F. The van der Waals surface area contributed by atoms with E-state index in [0.717, 1.165) is 5.56 Å². The largest absolute Gasteiger partial charge is 0.490 e. The molecule has 1 aliphatic heterocycles. The average molecular weight is 373 g/mol. The van der Waals surface area contributed by atoms with E-state index in [4.69, 9.17) is 15.6 Å². The molecule has 4 N–H and O–H groups in total. The summed E-state index contributed by atoms with van der Waals surface area (Å²) in [5.41, 5.74) is 6.60. The highest BCUT2D eigenvalue weighted by atomic mass is 19.4. The first kappa shape index (κ1) is 21.6. The van der Waals surface area contributed by atoms with E-state index in [2.05, 4.69) is 10.3 Å².